The molecule has 1 aromatic heterocycles. The zero-order valence-corrected chi connectivity index (χ0v) is 10.5. The highest BCUT2D eigenvalue weighted by Crippen LogP contribution is 2.42. The van der Waals surface area contributed by atoms with Crippen molar-refractivity contribution in [3.05, 3.63) is 46.0 Å². The van der Waals surface area contributed by atoms with Crippen LogP contribution < -0.4 is 4.74 Å². The maximum Gasteiger partial charge on any atom is 0.322 e. The minimum Gasteiger partial charge on any atom is -0.490 e. The second kappa shape index (κ2) is 3.98. The molecule has 3 aromatic rings. The second-order valence-electron chi connectivity index (χ2n) is 4.30. The molecule has 0 spiro atoms. The van der Waals surface area contributed by atoms with Crippen molar-refractivity contribution < 1.29 is 14.1 Å². The molecule has 0 aliphatic heterocycles. The van der Waals surface area contributed by atoms with Gasteiger partial charge in [-0.3, -0.25) is 10.1 Å². The molecule has 0 aliphatic rings. The van der Waals surface area contributed by atoms with Crippen molar-refractivity contribution in [1.29, 1.82) is 0 Å². The topological polar surface area (TPSA) is 65.5 Å². The normalized spacial score (nSPS) is 11.1. The van der Waals surface area contributed by atoms with Crippen molar-refractivity contribution in [3.8, 4) is 5.75 Å². The Morgan fingerprint density at radius 1 is 1.26 bits per heavy atom. The molecule has 0 saturated heterocycles. The van der Waals surface area contributed by atoms with Crippen molar-refractivity contribution in [1.82, 2.24) is 0 Å². The first-order valence-corrected chi connectivity index (χ1v) is 5.76. The maximum atomic E-state index is 11.4. The first-order chi connectivity index (χ1) is 9.13. The van der Waals surface area contributed by atoms with Gasteiger partial charge in [0.25, 0.3) is 0 Å². The number of hydrogen-bond donors (Lipinski definition) is 0. The van der Waals surface area contributed by atoms with Crippen LogP contribution in [-0.4, -0.2) is 12.0 Å². The van der Waals surface area contributed by atoms with Crippen molar-refractivity contribution >= 4 is 27.6 Å². The van der Waals surface area contributed by atoms with E-state index in [9.17, 15) is 10.1 Å². The third-order valence-electron chi connectivity index (χ3n) is 3.17. The molecule has 0 bridgehead atoms. The summed E-state index contributed by atoms with van der Waals surface area (Å²) in [6.07, 6.45) is 0. The molecule has 5 nitrogen and oxygen atoms in total. The van der Waals surface area contributed by atoms with E-state index in [0.717, 1.165) is 5.39 Å². The van der Waals surface area contributed by atoms with Crippen LogP contribution in [0.15, 0.2) is 34.7 Å². The lowest BCUT2D eigenvalue weighted by Gasteiger charge is -2.05. The fourth-order valence-electron chi connectivity index (χ4n) is 2.40. The van der Waals surface area contributed by atoms with Gasteiger partial charge in [0.1, 0.15) is 16.6 Å². The van der Waals surface area contributed by atoms with Crippen molar-refractivity contribution in [2.75, 3.05) is 7.11 Å². The minimum atomic E-state index is -0.421. The Bertz CT molecular complexity index is 804. The average molecular weight is 257 g/mol. The Balaban J connectivity index is 2.59. The number of aryl methyl sites for hydroxylation is 1. The summed E-state index contributed by atoms with van der Waals surface area (Å²) in [4.78, 5) is 11.0. The Kier molecular flexibility index (Phi) is 2.41. The molecule has 0 radical (unpaired) electrons. The highest BCUT2D eigenvalue weighted by atomic mass is 16.6. The molecule has 3 rings (SSSR count). The van der Waals surface area contributed by atoms with Gasteiger partial charge in [-0.25, -0.2) is 0 Å². The molecule has 19 heavy (non-hydrogen) atoms. The number of furan rings is 1. The van der Waals surface area contributed by atoms with Crippen molar-refractivity contribution in [3.63, 3.8) is 0 Å². The molecule has 0 atom stereocenters. The lowest BCUT2D eigenvalue weighted by Crippen LogP contribution is -1.96. The predicted molar refractivity (Wildman–Crippen MR) is 71.7 cm³/mol. The third kappa shape index (κ3) is 1.55. The molecule has 2 aromatic carbocycles. The van der Waals surface area contributed by atoms with Gasteiger partial charge in [-0.2, -0.15) is 0 Å². The van der Waals surface area contributed by atoms with E-state index in [2.05, 4.69) is 0 Å². The summed E-state index contributed by atoms with van der Waals surface area (Å²) in [5.74, 6) is 0.282. The lowest BCUT2D eigenvalue weighted by atomic mass is 10.1. The van der Waals surface area contributed by atoms with E-state index in [4.69, 9.17) is 9.15 Å². The van der Waals surface area contributed by atoms with E-state index >= 15 is 0 Å². The molecule has 0 fully saturated rings. The third-order valence-corrected chi connectivity index (χ3v) is 3.17. The van der Waals surface area contributed by atoms with Crippen LogP contribution in [-0.2, 0) is 0 Å². The summed E-state index contributed by atoms with van der Waals surface area (Å²) in [5, 5.41) is 12.6. The van der Waals surface area contributed by atoms with E-state index in [-0.39, 0.29) is 11.4 Å². The molecule has 0 unspecified atom stereocenters. The molecule has 0 aliphatic carbocycles. The fraction of sp³-hybridized carbons (Fsp3) is 0.143. The van der Waals surface area contributed by atoms with Crippen LogP contribution >= 0.6 is 0 Å². The van der Waals surface area contributed by atoms with Crippen LogP contribution in [0.25, 0.3) is 21.9 Å². The van der Waals surface area contributed by atoms with Gasteiger partial charge in [0.2, 0.25) is 5.75 Å². The van der Waals surface area contributed by atoms with Crippen LogP contribution in [0, 0.1) is 17.0 Å². The number of para-hydroxylation sites is 1. The molecule has 1 heterocycles. The number of nitro benzene ring substituents is 1. The fourth-order valence-corrected chi connectivity index (χ4v) is 2.40. The SMILES string of the molecule is COc1c(C)cc2oc3ccccc3c2c1[N+](=O)[O-]. The molecular weight excluding hydrogens is 246 g/mol. The number of benzene rings is 2. The van der Waals surface area contributed by atoms with E-state index in [1.54, 1.807) is 19.1 Å². The zero-order valence-electron chi connectivity index (χ0n) is 10.5. The van der Waals surface area contributed by atoms with Gasteiger partial charge in [0, 0.05) is 10.9 Å². The molecular formula is C14H11NO4. The van der Waals surface area contributed by atoms with Crippen LogP contribution in [0.4, 0.5) is 5.69 Å². The molecule has 96 valence electrons. The van der Waals surface area contributed by atoms with Gasteiger partial charge in [-0.1, -0.05) is 18.2 Å². The van der Waals surface area contributed by atoms with Crippen LogP contribution in [0.3, 0.4) is 0 Å². The van der Waals surface area contributed by atoms with Crippen LogP contribution in [0.2, 0.25) is 0 Å². The second-order valence-corrected chi connectivity index (χ2v) is 4.30. The number of hydrogen-bond acceptors (Lipinski definition) is 4. The van der Waals surface area contributed by atoms with E-state index in [0.29, 0.717) is 22.1 Å². The van der Waals surface area contributed by atoms with Crippen LogP contribution in [0.5, 0.6) is 5.75 Å². The number of nitro groups is 1. The van der Waals surface area contributed by atoms with Gasteiger partial charge < -0.3 is 9.15 Å². The standard InChI is InChI=1S/C14H11NO4/c1-8-7-11-12(13(15(16)17)14(8)18-2)9-5-3-4-6-10(9)19-11/h3-7H,1-2H3. The van der Waals surface area contributed by atoms with E-state index in [1.165, 1.54) is 7.11 Å². The summed E-state index contributed by atoms with van der Waals surface area (Å²) >= 11 is 0. The van der Waals surface area contributed by atoms with E-state index < -0.39 is 4.92 Å². The average Bonchev–Trinajstić information content (AvgIpc) is 2.74. The monoisotopic (exact) mass is 257 g/mol. The number of methoxy groups -OCH3 is 1. The quantitative estimate of drug-likeness (QED) is 0.517. The van der Waals surface area contributed by atoms with Gasteiger partial charge in [-0.05, 0) is 19.1 Å². The van der Waals surface area contributed by atoms with Crippen LogP contribution in [0.1, 0.15) is 5.56 Å². The summed E-state index contributed by atoms with van der Waals surface area (Å²) in [6.45, 7) is 1.76. The number of rotatable bonds is 2. The highest BCUT2D eigenvalue weighted by Gasteiger charge is 2.26. The Hall–Kier alpha value is -2.56. The van der Waals surface area contributed by atoms with Gasteiger partial charge in [0.05, 0.1) is 12.0 Å². The largest absolute Gasteiger partial charge is 0.490 e. The predicted octanol–water partition coefficient (Wildman–Crippen LogP) is 3.81. The lowest BCUT2D eigenvalue weighted by molar-refractivity contribution is -0.383. The number of fused-ring (bicyclic) bond motifs is 3. The zero-order chi connectivity index (χ0) is 13.6. The summed E-state index contributed by atoms with van der Waals surface area (Å²) in [5.41, 5.74) is 1.78. The highest BCUT2D eigenvalue weighted by molar-refractivity contribution is 6.11. The minimum absolute atomic E-state index is 0.0394. The Morgan fingerprint density at radius 3 is 2.68 bits per heavy atom. The molecule has 0 saturated carbocycles. The molecule has 0 amide bonds. The molecule has 0 N–H and O–H groups in total. The van der Waals surface area contributed by atoms with Gasteiger partial charge >= 0.3 is 5.69 Å². The van der Waals surface area contributed by atoms with Crippen molar-refractivity contribution in [2.45, 2.75) is 6.92 Å². The van der Waals surface area contributed by atoms with Gasteiger partial charge in [0.15, 0.2) is 0 Å². The van der Waals surface area contributed by atoms with Crippen molar-refractivity contribution in [2.24, 2.45) is 0 Å². The first kappa shape index (κ1) is 11.5. The summed E-state index contributed by atoms with van der Waals surface area (Å²) in [6, 6.07) is 9.03. The Morgan fingerprint density at radius 2 is 2.00 bits per heavy atom. The van der Waals surface area contributed by atoms with E-state index in [1.807, 2.05) is 18.2 Å². The smallest absolute Gasteiger partial charge is 0.322 e. The Labute approximate surface area is 108 Å². The molecule has 5 heteroatoms. The number of nitrogens with zero attached hydrogens (tertiary/aromatic N) is 1. The first-order valence-electron chi connectivity index (χ1n) is 5.76. The summed E-state index contributed by atoms with van der Waals surface area (Å²) < 4.78 is 10.8. The van der Waals surface area contributed by atoms with Gasteiger partial charge in [-0.15, -0.1) is 0 Å². The number of ether oxygens (including phenoxy) is 1. The maximum absolute atomic E-state index is 11.4. The summed E-state index contributed by atoms with van der Waals surface area (Å²) in [7, 11) is 1.43.